The van der Waals surface area contributed by atoms with Gasteiger partial charge < -0.3 is 5.32 Å². The average molecular weight is 428 g/mol. The summed E-state index contributed by atoms with van der Waals surface area (Å²) in [6.45, 7) is 5.94. The van der Waals surface area contributed by atoms with Crippen LogP contribution in [-0.2, 0) is 25.3 Å². The molecule has 1 amide bonds. The highest BCUT2D eigenvalue weighted by Crippen LogP contribution is 2.24. The second-order valence-electron chi connectivity index (χ2n) is 7.18. The number of nitrogens with zero attached hydrogens (tertiary/aromatic N) is 4. The minimum absolute atomic E-state index is 0.0804. The number of carbonyl (C=O) groups excluding carboxylic acids is 1. The molecule has 2 aromatic heterocycles. The zero-order valence-electron chi connectivity index (χ0n) is 17.8. The summed E-state index contributed by atoms with van der Waals surface area (Å²) in [5.41, 5.74) is 2.25. The molecule has 0 radical (unpaired) electrons. The topological polar surface area (TPSA) is 98.9 Å². The molecule has 0 aliphatic heterocycles. The van der Waals surface area contributed by atoms with Crippen LogP contribution in [0.15, 0.2) is 32.8 Å². The number of aromatic nitrogens is 4. The van der Waals surface area contributed by atoms with E-state index in [0.717, 1.165) is 27.8 Å². The summed E-state index contributed by atoms with van der Waals surface area (Å²) in [5.74, 6) is 0.432. The van der Waals surface area contributed by atoms with E-state index in [4.69, 9.17) is 0 Å². The second-order valence-corrected chi connectivity index (χ2v) is 8.15. The van der Waals surface area contributed by atoms with E-state index in [-0.39, 0.29) is 17.0 Å². The molecule has 0 bridgehead atoms. The van der Waals surface area contributed by atoms with Crippen LogP contribution in [0.2, 0.25) is 0 Å². The minimum Gasteiger partial charge on any atom is -0.325 e. The number of carbonyl (C=O) groups is 1. The zero-order chi connectivity index (χ0) is 22.0. The van der Waals surface area contributed by atoms with Crippen molar-refractivity contribution in [3.8, 4) is 0 Å². The molecular weight excluding hydrogens is 402 g/mol. The van der Waals surface area contributed by atoms with Crippen molar-refractivity contribution < 1.29 is 4.79 Å². The molecule has 0 unspecified atom stereocenters. The van der Waals surface area contributed by atoms with Crippen molar-refractivity contribution in [1.82, 2.24) is 19.1 Å². The van der Waals surface area contributed by atoms with Crippen molar-refractivity contribution in [2.75, 3.05) is 11.1 Å². The number of aryl methyl sites for hydroxylation is 3. The van der Waals surface area contributed by atoms with Gasteiger partial charge in [-0.15, -0.1) is 0 Å². The van der Waals surface area contributed by atoms with E-state index >= 15 is 0 Å². The van der Waals surface area contributed by atoms with Gasteiger partial charge in [0.2, 0.25) is 5.91 Å². The average Bonchev–Trinajstić information content (AvgIpc) is 2.72. The monoisotopic (exact) mass is 427 g/mol. The maximum absolute atomic E-state index is 12.8. The van der Waals surface area contributed by atoms with Crippen LogP contribution in [0.5, 0.6) is 0 Å². The van der Waals surface area contributed by atoms with E-state index < -0.39 is 11.2 Å². The number of anilines is 1. The molecule has 3 rings (SSSR count). The lowest BCUT2D eigenvalue weighted by Gasteiger charge is -2.12. The first-order valence-electron chi connectivity index (χ1n) is 9.70. The number of nitrogens with one attached hydrogen (secondary N) is 1. The minimum atomic E-state index is -0.464. The van der Waals surface area contributed by atoms with Crippen molar-refractivity contribution in [1.29, 1.82) is 0 Å². The van der Waals surface area contributed by atoms with Crippen LogP contribution in [0.4, 0.5) is 5.69 Å². The van der Waals surface area contributed by atoms with Crippen LogP contribution in [0, 0.1) is 13.8 Å². The SMILES string of the molecule is CCCc1nc(SCC(=O)Nc2cccc(C)c2C)c2c(=O)n(C)c(=O)n(C)c2n1. The van der Waals surface area contributed by atoms with Crippen molar-refractivity contribution in [2.24, 2.45) is 14.1 Å². The maximum Gasteiger partial charge on any atom is 0.332 e. The number of hydrogen-bond donors (Lipinski definition) is 1. The summed E-state index contributed by atoms with van der Waals surface area (Å²) in [4.78, 5) is 46.6. The molecule has 0 aliphatic rings. The van der Waals surface area contributed by atoms with Crippen LogP contribution in [0.25, 0.3) is 11.0 Å². The molecule has 9 heteroatoms. The van der Waals surface area contributed by atoms with Gasteiger partial charge in [-0.25, -0.2) is 14.8 Å². The number of amides is 1. The van der Waals surface area contributed by atoms with Gasteiger partial charge in [0.25, 0.3) is 5.56 Å². The van der Waals surface area contributed by atoms with Crippen LogP contribution in [0.3, 0.4) is 0 Å². The largest absolute Gasteiger partial charge is 0.332 e. The van der Waals surface area contributed by atoms with Crippen molar-refractivity contribution in [2.45, 2.75) is 38.6 Å². The molecule has 1 aromatic carbocycles. The van der Waals surface area contributed by atoms with Gasteiger partial charge in [-0.3, -0.25) is 18.7 Å². The Kier molecular flexibility index (Phi) is 6.40. The maximum atomic E-state index is 12.8. The molecule has 0 saturated carbocycles. The number of thioether (sulfide) groups is 1. The Morgan fingerprint density at radius 2 is 1.87 bits per heavy atom. The Bertz CT molecular complexity index is 1250. The van der Waals surface area contributed by atoms with Crippen LogP contribution in [-0.4, -0.2) is 30.8 Å². The fraction of sp³-hybridized carbons (Fsp3) is 0.381. The molecule has 0 atom stereocenters. The third-order valence-electron chi connectivity index (χ3n) is 5.01. The molecule has 30 heavy (non-hydrogen) atoms. The van der Waals surface area contributed by atoms with Crippen LogP contribution < -0.4 is 16.6 Å². The Hall–Kier alpha value is -2.94. The normalized spacial score (nSPS) is 11.1. The molecule has 0 aliphatic carbocycles. The first-order valence-corrected chi connectivity index (χ1v) is 10.7. The standard InChI is InChI=1S/C21H25N5O3S/c1-6-8-15-23-18-17(20(28)26(5)21(29)25(18)4)19(24-15)30-11-16(27)22-14-10-7-9-12(2)13(14)3/h7,9-10H,6,8,11H2,1-5H3,(H,22,27). The highest BCUT2D eigenvalue weighted by atomic mass is 32.2. The molecule has 158 valence electrons. The zero-order valence-corrected chi connectivity index (χ0v) is 18.6. The Balaban J connectivity index is 1.96. The predicted octanol–water partition coefficient (Wildman–Crippen LogP) is 2.33. The van der Waals surface area contributed by atoms with Crippen molar-refractivity contribution in [3.63, 3.8) is 0 Å². The lowest BCUT2D eigenvalue weighted by atomic mass is 10.1. The highest BCUT2D eigenvalue weighted by molar-refractivity contribution is 8.00. The first kappa shape index (κ1) is 21.8. The molecule has 8 nitrogen and oxygen atoms in total. The summed E-state index contributed by atoms with van der Waals surface area (Å²) < 4.78 is 2.38. The van der Waals surface area contributed by atoms with Crippen LogP contribution >= 0.6 is 11.8 Å². The van der Waals surface area contributed by atoms with E-state index in [0.29, 0.717) is 22.9 Å². The molecular formula is C21H25N5O3S. The third kappa shape index (κ3) is 4.16. The van der Waals surface area contributed by atoms with Gasteiger partial charge in [-0.1, -0.05) is 30.8 Å². The third-order valence-corrected chi connectivity index (χ3v) is 5.98. The summed E-state index contributed by atoms with van der Waals surface area (Å²) in [6.07, 6.45) is 1.43. The van der Waals surface area contributed by atoms with Gasteiger partial charge in [0.1, 0.15) is 16.2 Å². The number of benzene rings is 1. The number of fused-ring (bicyclic) bond motifs is 1. The van der Waals surface area contributed by atoms with E-state index in [9.17, 15) is 14.4 Å². The predicted molar refractivity (Wildman–Crippen MR) is 119 cm³/mol. The molecule has 0 fully saturated rings. The Morgan fingerprint density at radius 3 is 2.57 bits per heavy atom. The van der Waals surface area contributed by atoms with Gasteiger partial charge in [0, 0.05) is 26.2 Å². The first-order chi connectivity index (χ1) is 14.2. The number of hydrogen-bond acceptors (Lipinski definition) is 6. The fourth-order valence-electron chi connectivity index (χ4n) is 3.12. The van der Waals surface area contributed by atoms with Crippen molar-refractivity contribution in [3.05, 3.63) is 56.0 Å². The van der Waals surface area contributed by atoms with Gasteiger partial charge in [0.15, 0.2) is 5.65 Å². The second kappa shape index (κ2) is 8.83. The van der Waals surface area contributed by atoms with Gasteiger partial charge in [-0.05, 0) is 37.5 Å². The van der Waals surface area contributed by atoms with E-state index in [1.807, 2.05) is 39.0 Å². The lowest BCUT2D eigenvalue weighted by molar-refractivity contribution is -0.113. The summed E-state index contributed by atoms with van der Waals surface area (Å²) in [5, 5.41) is 3.58. The van der Waals surface area contributed by atoms with E-state index in [1.165, 1.54) is 23.4 Å². The van der Waals surface area contributed by atoms with Gasteiger partial charge >= 0.3 is 5.69 Å². The smallest absolute Gasteiger partial charge is 0.325 e. The molecule has 3 aromatic rings. The van der Waals surface area contributed by atoms with Crippen LogP contribution in [0.1, 0.15) is 30.3 Å². The molecule has 0 saturated heterocycles. The Labute approximate surface area is 178 Å². The summed E-state index contributed by atoms with van der Waals surface area (Å²) in [7, 11) is 3.00. The van der Waals surface area contributed by atoms with E-state index in [2.05, 4.69) is 15.3 Å². The summed E-state index contributed by atoms with van der Waals surface area (Å²) in [6, 6.07) is 5.74. The highest BCUT2D eigenvalue weighted by Gasteiger charge is 2.18. The number of rotatable bonds is 6. The lowest BCUT2D eigenvalue weighted by Crippen LogP contribution is -2.38. The van der Waals surface area contributed by atoms with Gasteiger partial charge in [0.05, 0.1) is 5.75 Å². The summed E-state index contributed by atoms with van der Waals surface area (Å²) >= 11 is 1.17. The fourth-order valence-corrected chi connectivity index (χ4v) is 3.95. The van der Waals surface area contributed by atoms with E-state index in [1.54, 1.807) is 7.05 Å². The quantitative estimate of drug-likeness (QED) is 0.479. The molecule has 1 N–H and O–H groups in total. The molecule has 0 spiro atoms. The van der Waals surface area contributed by atoms with Gasteiger partial charge in [-0.2, -0.15) is 0 Å². The van der Waals surface area contributed by atoms with Crippen molar-refractivity contribution >= 4 is 34.4 Å². The molecule has 2 heterocycles. The Morgan fingerprint density at radius 1 is 1.13 bits per heavy atom.